The topological polar surface area (TPSA) is 46.2 Å². The van der Waals surface area contributed by atoms with Gasteiger partial charge >= 0.3 is 6.18 Å². The number of sulfonamides is 1. The molecule has 0 heterocycles. The van der Waals surface area contributed by atoms with Crippen molar-refractivity contribution in [2.24, 2.45) is 0 Å². The van der Waals surface area contributed by atoms with Gasteiger partial charge in [0.25, 0.3) is 10.0 Å². The summed E-state index contributed by atoms with van der Waals surface area (Å²) in [7, 11) is -4.08. The van der Waals surface area contributed by atoms with Crippen molar-refractivity contribution < 1.29 is 21.6 Å². The van der Waals surface area contributed by atoms with Gasteiger partial charge in [-0.25, -0.2) is 8.42 Å². The predicted octanol–water partition coefficient (Wildman–Crippen LogP) is 4.81. The van der Waals surface area contributed by atoms with Crippen molar-refractivity contribution in [1.29, 1.82) is 0 Å². The van der Waals surface area contributed by atoms with Crippen molar-refractivity contribution in [2.45, 2.75) is 11.1 Å². The van der Waals surface area contributed by atoms with E-state index in [2.05, 4.69) is 4.72 Å². The van der Waals surface area contributed by atoms with Crippen molar-refractivity contribution in [3.63, 3.8) is 0 Å². The van der Waals surface area contributed by atoms with Crippen LogP contribution >= 0.6 is 23.2 Å². The number of nitrogens with one attached hydrogen (secondary N) is 1. The second-order valence-electron chi connectivity index (χ2n) is 4.25. The SMILES string of the molecule is O=S(=O)(Nc1cc(Cl)ccc1Cl)c1ccc(C(F)(F)F)cc1. The molecule has 2 rings (SSSR count). The number of benzene rings is 2. The van der Waals surface area contributed by atoms with E-state index < -0.39 is 21.8 Å². The summed E-state index contributed by atoms with van der Waals surface area (Å²) in [6, 6.07) is 7.27. The van der Waals surface area contributed by atoms with Crippen LogP contribution in [0.1, 0.15) is 5.56 Å². The van der Waals surface area contributed by atoms with Crippen LogP contribution in [0.25, 0.3) is 0 Å². The molecular formula is C13H8Cl2F3NO2S. The summed E-state index contributed by atoms with van der Waals surface area (Å²) in [4.78, 5) is -0.323. The molecule has 0 spiro atoms. The lowest BCUT2D eigenvalue weighted by Crippen LogP contribution is -2.14. The Labute approximate surface area is 134 Å². The van der Waals surface area contributed by atoms with Crippen LogP contribution in [0.2, 0.25) is 10.0 Å². The molecular weight excluding hydrogens is 362 g/mol. The van der Waals surface area contributed by atoms with E-state index in [4.69, 9.17) is 23.2 Å². The van der Waals surface area contributed by atoms with Crippen LogP contribution in [0.3, 0.4) is 0 Å². The van der Waals surface area contributed by atoms with E-state index in [0.29, 0.717) is 12.1 Å². The Morgan fingerprint density at radius 1 is 0.955 bits per heavy atom. The van der Waals surface area contributed by atoms with Crippen LogP contribution in [0.5, 0.6) is 0 Å². The van der Waals surface area contributed by atoms with Crippen LogP contribution in [0, 0.1) is 0 Å². The third-order valence-corrected chi connectivity index (χ3v) is 4.61. The lowest BCUT2D eigenvalue weighted by Gasteiger charge is -2.11. The predicted molar refractivity (Wildman–Crippen MR) is 78.7 cm³/mol. The lowest BCUT2D eigenvalue weighted by molar-refractivity contribution is -0.137. The molecule has 0 radical (unpaired) electrons. The highest BCUT2D eigenvalue weighted by Crippen LogP contribution is 2.31. The molecule has 0 fully saturated rings. The number of hydrogen-bond acceptors (Lipinski definition) is 2. The molecule has 0 saturated carbocycles. The Kier molecular flexibility index (Phi) is 4.60. The minimum Gasteiger partial charge on any atom is -0.278 e. The van der Waals surface area contributed by atoms with Gasteiger partial charge in [-0.15, -0.1) is 0 Å². The zero-order chi connectivity index (χ0) is 16.5. The van der Waals surface area contributed by atoms with Gasteiger partial charge in [0.2, 0.25) is 0 Å². The molecule has 2 aromatic rings. The smallest absolute Gasteiger partial charge is 0.278 e. The van der Waals surface area contributed by atoms with Gasteiger partial charge in [-0.05, 0) is 42.5 Å². The zero-order valence-corrected chi connectivity index (χ0v) is 13.0. The molecule has 0 aliphatic rings. The van der Waals surface area contributed by atoms with Crippen molar-refractivity contribution in [3.05, 3.63) is 58.1 Å². The van der Waals surface area contributed by atoms with Gasteiger partial charge in [0.1, 0.15) is 0 Å². The Bertz CT molecular complexity index is 790. The highest BCUT2D eigenvalue weighted by atomic mass is 35.5. The van der Waals surface area contributed by atoms with Gasteiger partial charge in [0.05, 0.1) is 21.2 Å². The van der Waals surface area contributed by atoms with E-state index in [1.807, 2.05) is 0 Å². The van der Waals surface area contributed by atoms with Crippen LogP contribution in [0.4, 0.5) is 18.9 Å². The largest absolute Gasteiger partial charge is 0.416 e. The summed E-state index contributed by atoms with van der Waals surface area (Å²) >= 11 is 11.6. The first-order chi connectivity index (χ1) is 10.1. The second-order valence-corrected chi connectivity index (χ2v) is 6.78. The fourth-order valence-corrected chi connectivity index (χ4v) is 3.07. The molecule has 2 aromatic carbocycles. The standard InChI is InChI=1S/C13H8Cl2F3NO2S/c14-9-3-6-11(15)12(7-9)19-22(20,21)10-4-1-8(2-5-10)13(16,17)18/h1-7,19H. The van der Waals surface area contributed by atoms with Crippen LogP contribution < -0.4 is 4.72 Å². The average Bonchev–Trinajstić information content (AvgIpc) is 2.42. The molecule has 9 heteroatoms. The van der Waals surface area contributed by atoms with Crippen LogP contribution in [0.15, 0.2) is 47.4 Å². The van der Waals surface area contributed by atoms with E-state index in [0.717, 1.165) is 12.1 Å². The normalized spacial score (nSPS) is 12.2. The summed E-state index contributed by atoms with van der Waals surface area (Å²) in [5, 5.41) is 0.370. The number of anilines is 1. The van der Waals surface area contributed by atoms with Crippen molar-refractivity contribution in [3.8, 4) is 0 Å². The van der Waals surface area contributed by atoms with Gasteiger partial charge in [-0.1, -0.05) is 23.2 Å². The Balaban J connectivity index is 2.33. The molecule has 0 aliphatic carbocycles. The van der Waals surface area contributed by atoms with E-state index in [9.17, 15) is 21.6 Å². The fraction of sp³-hybridized carbons (Fsp3) is 0.0769. The van der Waals surface area contributed by atoms with E-state index in [1.165, 1.54) is 18.2 Å². The maximum absolute atomic E-state index is 12.5. The molecule has 0 atom stereocenters. The van der Waals surface area contributed by atoms with E-state index in [-0.39, 0.29) is 20.6 Å². The molecule has 3 nitrogen and oxygen atoms in total. The summed E-state index contributed by atoms with van der Waals surface area (Å²) < 4.78 is 63.8. The Hall–Kier alpha value is -1.44. The molecule has 0 saturated heterocycles. The summed E-state index contributed by atoms with van der Waals surface area (Å²) in [6.07, 6.45) is -4.54. The quantitative estimate of drug-likeness (QED) is 0.843. The summed E-state index contributed by atoms with van der Waals surface area (Å²) in [6.45, 7) is 0. The first-order valence-electron chi connectivity index (χ1n) is 5.75. The van der Waals surface area contributed by atoms with Gasteiger partial charge in [-0.2, -0.15) is 13.2 Å². The Morgan fingerprint density at radius 3 is 2.09 bits per heavy atom. The molecule has 0 aromatic heterocycles. The van der Waals surface area contributed by atoms with E-state index >= 15 is 0 Å². The number of rotatable bonds is 3. The highest BCUT2D eigenvalue weighted by Gasteiger charge is 2.30. The maximum atomic E-state index is 12.5. The van der Waals surface area contributed by atoms with E-state index in [1.54, 1.807) is 0 Å². The molecule has 0 bridgehead atoms. The van der Waals surface area contributed by atoms with Gasteiger partial charge in [-0.3, -0.25) is 4.72 Å². The van der Waals surface area contributed by atoms with Crippen molar-refractivity contribution in [1.82, 2.24) is 0 Å². The fourth-order valence-electron chi connectivity index (χ4n) is 1.60. The average molecular weight is 370 g/mol. The zero-order valence-electron chi connectivity index (χ0n) is 10.7. The summed E-state index contributed by atoms with van der Waals surface area (Å²) in [5.41, 5.74) is -0.902. The number of hydrogen-bond donors (Lipinski definition) is 1. The molecule has 1 N–H and O–H groups in total. The third kappa shape index (κ3) is 3.85. The molecule has 118 valence electrons. The third-order valence-electron chi connectivity index (χ3n) is 2.66. The molecule has 0 unspecified atom stereocenters. The minimum absolute atomic E-state index is 0.0362. The van der Waals surface area contributed by atoms with Crippen molar-refractivity contribution in [2.75, 3.05) is 4.72 Å². The van der Waals surface area contributed by atoms with Crippen LogP contribution in [-0.4, -0.2) is 8.42 Å². The van der Waals surface area contributed by atoms with Crippen LogP contribution in [-0.2, 0) is 16.2 Å². The van der Waals surface area contributed by atoms with Gasteiger partial charge in [0, 0.05) is 5.02 Å². The molecule has 0 amide bonds. The molecule has 22 heavy (non-hydrogen) atoms. The van der Waals surface area contributed by atoms with Gasteiger partial charge < -0.3 is 0 Å². The maximum Gasteiger partial charge on any atom is 0.416 e. The van der Waals surface area contributed by atoms with Gasteiger partial charge in [0.15, 0.2) is 0 Å². The second kappa shape index (κ2) is 5.98. The van der Waals surface area contributed by atoms with Crippen molar-refractivity contribution >= 4 is 38.9 Å². The monoisotopic (exact) mass is 369 g/mol. The number of halogens is 5. The minimum atomic E-state index is -4.54. The first kappa shape index (κ1) is 16.9. The lowest BCUT2D eigenvalue weighted by atomic mass is 10.2. The highest BCUT2D eigenvalue weighted by molar-refractivity contribution is 7.92. The molecule has 0 aliphatic heterocycles. The first-order valence-corrected chi connectivity index (χ1v) is 7.98. The number of alkyl halides is 3. The Morgan fingerprint density at radius 2 is 1.55 bits per heavy atom. The summed E-state index contributed by atoms with van der Waals surface area (Å²) in [5.74, 6) is 0.